The van der Waals surface area contributed by atoms with Crippen molar-refractivity contribution < 1.29 is 13.2 Å². The van der Waals surface area contributed by atoms with Crippen molar-refractivity contribution in [1.29, 1.82) is 0 Å². The zero-order valence-corrected chi connectivity index (χ0v) is 30.0. The summed E-state index contributed by atoms with van der Waals surface area (Å²) in [5.41, 5.74) is 7.60. The summed E-state index contributed by atoms with van der Waals surface area (Å²) in [5, 5.41) is 4.76. The third kappa shape index (κ3) is 5.71. The van der Waals surface area contributed by atoms with E-state index in [1.54, 1.807) is 11.3 Å². The molecule has 0 spiro atoms. The minimum absolute atomic E-state index is 0.287. The van der Waals surface area contributed by atoms with E-state index in [-0.39, 0.29) is 5.82 Å². The Hall–Kier alpha value is -6.71. The van der Waals surface area contributed by atoms with Crippen LogP contribution < -0.4 is 0 Å². The van der Waals surface area contributed by atoms with E-state index in [0.717, 1.165) is 55.9 Å². The summed E-state index contributed by atoms with van der Waals surface area (Å²) >= 11 is 1.72. The fraction of sp³-hybridized carbons (Fsp3) is 0.0435. The number of aromatic nitrogens is 5. The van der Waals surface area contributed by atoms with Crippen LogP contribution in [0.1, 0.15) is 11.1 Å². The van der Waals surface area contributed by atoms with Crippen LogP contribution in [0.2, 0.25) is 0 Å². The summed E-state index contributed by atoms with van der Waals surface area (Å²) in [6.07, 6.45) is -2.58. The molecular weight excluding hydrogens is 712 g/mol. The van der Waals surface area contributed by atoms with E-state index in [9.17, 15) is 13.2 Å². The molecule has 264 valence electrons. The van der Waals surface area contributed by atoms with Crippen molar-refractivity contribution in [3.63, 3.8) is 0 Å². The van der Waals surface area contributed by atoms with Crippen molar-refractivity contribution >= 4 is 53.3 Å². The van der Waals surface area contributed by atoms with Crippen molar-refractivity contribution in [2.24, 2.45) is 0 Å². The first-order chi connectivity index (χ1) is 26.8. The second kappa shape index (κ2) is 12.7. The number of pyridine rings is 1. The highest BCUT2D eigenvalue weighted by atomic mass is 32.1. The number of hydrogen-bond donors (Lipinski definition) is 0. The molecule has 0 aliphatic carbocycles. The highest BCUT2D eigenvalue weighted by molar-refractivity contribution is 7.26. The molecule has 0 radical (unpaired) electrons. The van der Waals surface area contributed by atoms with Gasteiger partial charge in [0.1, 0.15) is 0 Å². The van der Waals surface area contributed by atoms with Crippen molar-refractivity contribution in [3.8, 4) is 51.1 Å². The molecule has 10 aromatic rings. The Morgan fingerprint density at radius 1 is 0.527 bits per heavy atom. The standard InChI is InChI=1S/C46H28F3N5S/c1-27-10-12-29(13-11-27)43-51-44(53-45(52-43)31-18-20-32(21-19-31)46(47,48)49)30-16-14-28(15-17-30)41-42-36(24-25-50-41)37-26-33(22-23-40(37)55-42)54-38-8-4-2-6-34(38)35-7-3-5-9-39(35)54/h2-26H,1H3. The molecule has 0 fully saturated rings. The first kappa shape index (κ1) is 32.9. The number of thiophene rings is 1. The van der Waals surface area contributed by atoms with Gasteiger partial charge in [0.25, 0.3) is 0 Å². The Morgan fingerprint density at radius 2 is 1.05 bits per heavy atom. The highest BCUT2D eigenvalue weighted by Crippen LogP contribution is 2.41. The van der Waals surface area contributed by atoms with Gasteiger partial charge in [0, 0.05) is 60.4 Å². The molecule has 0 saturated heterocycles. The van der Waals surface area contributed by atoms with Gasteiger partial charge in [-0.1, -0.05) is 103 Å². The maximum absolute atomic E-state index is 13.3. The molecule has 6 aromatic carbocycles. The topological polar surface area (TPSA) is 56.5 Å². The van der Waals surface area contributed by atoms with Crippen LogP contribution in [0.25, 0.3) is 93.1 Å². The van der Waals surface area contributed by atoms with Crippen LogP contribution in [0, 0.1) is 6.92 Å². The SMILES string of the molecule is Cc1ccc(-c2nc(-c3ccc(-c4nccc5c4sc4ccc(-n6c7ccccc7c7ccccc76)cc45)cc3)nc(-c3ccc(C(F)(F)F)cc3)n2)cc1. The van der Waals surface area contributed by atoms with Gasteiger partial charge in [-0.15, -0.1) is 11.3 Å². The third-order valence-electron chi connectivity index (χ3n) is 10.0. The van der Waals surface area contributed by atoms with Crippen LogP contribution in [0.5, 0.6) is 0 Å². The zero-order valence-electron chi connectivity index (χ0n) is 29.2. The molecule has 0 aliphatic rings. The Balaban J connectivity index is 1.04. The number of aryl methyl sites for hydroxylation is 1. The molecule has 55 heavy (non-hydrogen) atoms. The Kier molecular flexibility index (Phi) is 7.60. The van der Waals surface area contributed by atoms with E-state index in [1.807, 2.05) is 61.7 Å². The van der Waals surface area contributed by atoms with Crippen molar-refractivity contribution in [1.82, 2.24) is 24.5 Å². The lowest BCUT2D eigenvalue weighted by Gasteiger charge is -2.10. The summed E-state index contributed by atoms with van der Waals surface area (Å²) in [7, 11) is 0. The number of nitrogens with zero attached hydrogens (tertiary/aromatic N) is 5. The monoisotopic (exact) mass is 739 g/mol. The second-order valence-corrected chi connectivity index (χ2v) is 14.6. The lowest BCUT2D eigenvalue weighted by molar-refractivity contribution is -0.137. The number of hydrogen-bond acceptors (Lipinski definition) is 5. The van der Waals surface area contributed by atoms with Crippen LogP contribution in [0.15, 0.2) is 152 Å². The quantitative estimate of drug-likeness (QED) is 0.176. The summed E-state index contributed by atoms with van der Waals surface area (Å²) < 4.78 is 44.6. The molecular formula is C46H28F3N5S. The average molecular weight is 740 g/mol. The molecule has 10 rings (SSSR count). The summed E-state index contributed by atoms with van der Waals surface area (Å²) in [5.74, 6) is 1.13. The second-order valence-electron chi connectivity index (χ2n) is 13.5. The van der Waals surface area contributed by atoms with E-state index in [2.05, 4.69) is 82.3 Å². The number of alkyl halides is 3. The molecule has 0 saturated carbocycles. The van der Waals surface area contributed by atoms with Crippen LogP contribution in [0.4, 0.5) is 13.2 Å². The minimum Gasteiger partial charge on any atom is -0.309 e. The Morgan fingerprint density at radius 3 is 1.64 bits per heavy atom. The fourth-order valence-electron chi connectivity index (χ4n) is 7.29. The normalized spacial score (nSPS) is 12.0. The number of halogens is 3. The summed E-state index contributed by atoms with van der Waals surface area (Å²) in [6.45, 7) is 2.00. The van der Waals surface area contributed by atoms with Gasteiger partial charge in [-0.25, -0.2) is 15.0 Å². The van der Waals surface area contributed by atoms with Crippen molar-refractivity contribution in [3.05, 3.63) is 163 Å². The van der Waals surface area contributed by atoms with E-state index < -0.39 is 11.7 Å². The molecule has 5 nitrogen and oxygen atoms in total. The number of para-hydroxylation sites is 2. The highest BCUT2D eigenvalue weighted by Gasteiger charge is 2.30. The lowest BCUT2D eigenvalue weighted by Crippen LogP contribution is -2.05. The van der Waals surface area contributed by atoms with E-state index >= 15 is 0 Å². The zero-order chi connectivity index (χ0) is 37.3. The van der Waals surface area contributed by atoms with E-state index in [0.29, 0.717) is 17.2 Å². The smallest absolute Gasteiger partial charge is 0.309 e. The molecule has 0 N–H and O–H groups in total. The van der Waals surface area contributed by atoms with Crippen molar-refractivity contribution in [2.75, 3.05) is 0 Å². The Labute approximate surface area is 317 Å². The van der Waals surface area contributed by atoms with Gasteiger partial charge in [0.05, 0.1) is 27.0 Å². The molecule has 9 heteroatoms. The van der Waals surface area contributed by atoms with E-state index in [4.69, 9.17) is 15.0 Å². The number of fused-ring (bicyclic) bond motifs is 6. The molecule has 0 atom stereocenters. The molecule has 0 amide bonds. The van der Waals surface area contributed by atoms with Crippen LogP contribution in [-0.2, 0) is 6.18 Å². The predicted octanol–water partition coefficient (Wildman–Crippen LogP) is 12.7. The molecule has 4 heterocycles. The van der Waals surface area contributed by atoms with Crippen LogP contribution in [-0.4, -0.2) is 24.5 Å². The maximum atomic E-state index is 13.3. The lowest BCUT2D eigenvalue weighted by atomic mass is 10.1. The van der Waals surface area contributed by atoms with Gasteiger partial charge in [-0.3, -0.25) is 4.98 Å². The van der Waals surface area contributed by atoms with Gasteiger partial charge in [0.15, 0.2) is 17.5 Å². The number of benzene rings is 6. The first-order valence-corrected chi connectivity index (χ1v) is 18.5. The van der Waals surface area contributed by atoms with Crippen LogP contribution >= 0.6 is 11.3 Å². The van der Waals surface area contributed by atoms with Crippen molar-refractivity contribution in [2.45, 2.75) is 13.1 Å². The predicted molar refractivity (Wildman–Crippen MR) is 216 cm³/mol. The van der Waals surface area contributed by atoms with E-state index in [1.165, 1.54) is 44.0 Å². The molecule has 0 bridgehead atoms. The largest absolute Gasteiger partial charge is 0.416 e. The summed E-state index contributed by atoms with van der Waals surface area (Å²) in [4.78, 5) is 19.1. The van der Waals surface area contributed by atoms with Gasteiger partial charge < -0.3 is 4.57 Å². The Bertz CT molecular complexity index is 3020. The summed E-state index contributed by atoms with van der Waals surface area (Å²) in [6, 6.07) is 46.4. The molecule has 0 unspecified atom stereocenters. The molecule has 0 aliphatic heterocycles. The van der Waals surface area contributed by atoms with Gasteiger partial charge in [-0.2, -0.15) is 13.2 Å². The van der Waals surface area contributed by atoms with Crippen LogP contribution in [0.3, 0.4) is 0 Å². The van der Waals surface area contributed by atoms with Gasteiger partial charge in [0.2, 0.25) is 0 Å². The minimum atomic E-state index is -4.44. The number of rotatable bonds is 5. The third-order valence-corrected chi connectivity index (χ3v) is 11.2. The first-order valence-electron chi connectivity index (χ1n) is 17.7. The van der Waals surface area contributed by atoms with Gasteiger partial charge >= 0.3 is 6.18 Å². The van der Waals surface area contributed by atoms with Gasteiger partial charge in [-0.05, 0) is 55.5 Å². The maximum Gasteiger partial charge on any atom is 0.416 e. The average Bonchev–Trinajstić information content (AvgIpc) is 3.76. The fourth-order valence-corrected chi connectivity index (χ4v) is 8.48. The molecule has 4 aromatic heterocycles.